The first-order chi connectivity index (χ1) is 6.24. The third-order valence-corrected chi connectivity index (χ3v) is 2.17. The summed E-state index contributed by atoms with van der Waals surface area (Å²) in [7, 11) is 0. The van der Waals surface area contributed by atoms with Crippen molar-refractivity contribution in [2.75, 3.05) is 0 Å². The Labute approximate surface area is 79.7 Å². The van der Waals surface area contributed by atoms with Crippen LogP contribution >= 0.6 is 0 Å². The van der Waals surface area contributed by atoms with Gasteiger partial charge in [0.2, 0.25) is 0 Å². The van der Waals surface area contributed by atoms with Crippen molar-refractivity contribution in [1.29, 1.82) is 0 Å². The Balaban J connectivity index is 2.59. The fraction of sp³-hybridized carbons (Fsp3) is 0.333. The smallest absolute Gasteiger partial charge is 0.0827 e. The summed E-state index contributed by atoms with van der Waals surface area (Å²) < 4.78 is 0. The average molecular weight is 176 g/mol. The maximum absolute atomic E-state index is 9.76. The molecular weight excluding hydrogens is 160 g/mol. The summed E-state index contributed by atoms with van der Waals surface area (Å²) >= 11 is 0. The topological polar surface area (TPSA) is 20.2 Å². The number of aliphatic hydroxyl groups excluding tert-OH is 1. The lowest BCUT2D eigenvalue weighted by atomic mass is 10.0. The van der Waals surface area contributed by atoms with Gasteiger partial charge in [-0.25, -0.2) is 0 Å². The van der Waals surface area contributed by atoms with Gasteiger partial charge in [0.15, 0.2) is 0 Å². The zero-order chi connectivity index (χ0) is 9.68. The maximum atomic E-state index is 9.76. The molecule has 0 aliphatic heterocycles. The summed E-state index contributed by atoms with van der Waals surface area (Å²) in [5, 5.41) is 9.76. The first-order valence-corrected chi connectivity index (χ1v) is 4.63. The van der Waals surface area contributed by atoms with Crippen LogP contribution in [0, 0.1) is 0 Å². The standard InChI is InChI=1S/C12H16O/c1-3-10(2)9-12(13)11-7-5-4-6-8-11/h4-8,12-13H,2-3,9H2,1H3. The first-order valence-electron chi connectivity index (χ1n) is 4.63. The van der Waals surface area contributed by atoms with Crippen molar-refractivity contribution in [3.05, 3.63) is 48.0 Å². The molecule has 0 bridgehead atoms. The van der Waals surface area contributed by atoms with Crippen LogP contribution in [0.4, 0.5) is 0 Å². The molecule has 1 aromatic rings. The fourth-order valence-corrected chi connectivity index (χ4v) is 1.21. The predicted octanol–water partition coefficient (Wildman–Crippen LogP) is 3.08. The van der Waals surface area contributed by atoms with E-state index in [1.54, 1.807) is 0 Å². The number of rotatable bonds is 4. The molecule has 0 saturated carbocycles. The van der Waals surface area contributed by atoms with E-state index in [1.165, 1.54) is 0 Å². The Morgan fingerprint density at radius 3 is 2.54 bits per heavy atom. The van der Waals surface area contributed by atoms with Gasteiger partial charge in [-0.3, -0.25) is 0 Å². The van der Waals surface area contributed by atoms with Gasteiger partial charge in [0.25, 0.3) is 0 Å². The van der Waals surface area contributed by atoms with Crippen LogP contribution in [0.25, 0.3) is 0 Å². The summed E-state index contributed by atoms with van der Waals surface area (Å²) in [6.45, 7) is 5.93. The van der Waals surface area contributed by atoms with Crippen molar-refractivity contribution in [1.82, 2.24) is 0 Å². The highest BCUT2D eigenvalue weighted by Crippen LogP contribution is 2.20. The number of aliphatic hydroxyl groups is 1. The van der Waals surface area contributed by atoms with E-state index in [9.17, 15) is 5.11 Å². The van der Waals surface area contributed by atoms with Crippen LogP contribution in [0.1, 0.15) is 31.4 Å². The first kappa shape index (κ1) is 10.0. The van der Waals surface area contributed by atoms with Crippen LogP contribution in [0.3, 0.4) is 0 Å². The highest BCUT2D eigenvalue weighted by molar-refractivity contribution is 5.18. The van der Waals surface area contributed by atoms with Crippen molar-refractivity contribution in [3.63, 3.8) is 0 Å². The van der Waals surface area contributed by atoms with Crippen LogP contribution < -0.4 is 0 Å². The fourth-order valence-electron chi connectivity index (χ4n) is 1.21. The van der Waals surface area contributed by atoms with Gasteiger partial charge in [0.05, 0.1) is 6.10 Å². The molecule has 1 heteroatoms. The Kier molecular flexibility index (Phi) is 3.71. The molecule has 0 radical (unpaired) electrons. The Bertz CT molecular complexity index is 264. The van der Waals surface area contributed by atoms with Gasteiger partial charge in [0.1, 0.15) is 0 Å². The zero-order valence-electron chi connectivity index (χ0n) is 8.03. The summed E-state index contributed by atoms with van der Waals surface area (Å²) in [5.41, 5.74) is 2.06. The van der Waals surface area contributed by atoms with Crippen molar-refractivity contribution < 1.29 is 5.11 Å². The molecule has 0 aliphatic rings. The lowest BCUT2D eigenvalue weighted by molar-refractivity contribution is 0.177. The molecule has 13 heavy (non-hydrogen) atoms. The van der Waals surface area contributed by atoms with Gasteiger partial charge in [-0.15, -0.1) is 0 Å². The van der Waals surface area contributed by atoms with Gasteiger partial charge >= 0.3 is 0 Å². The lowest BCUT2D eigenvalue weighted by Crippen LogP contribution is -1.97. The van der Waals surface area contributed by atoms with Gasteiger partial charge in [-0.05, 0) is 18.4 Å². The summed E-state index contributed by atoms with van der Waals surface area (Å²) in [4.78, 5) is 0. The average Bonchev–Trinajstić information content (AvgIpc) is 2.19. The van der Waals surface area contributed by atoms with Gasteiger partial charge in [0, 0.05) is 0 Å². The normalized spacial score (nSPS) is 12.5. The molecule has 1 rings (SSSR count). The van der Waals surface area contributed by atoms with Crippen molar-refractivity contribution in [3.8, 4) is 0 Å². The summed E-state index contributed by atoms with van der Waals surface area (Å²) in [6, 6.07) is 9.70. The molecule has 1 atom stereocenters. The van der Waals surface area contributed by atoms with E-state index in [4.69, 9.17) is 0 Å². The lowest BCUT2D eigenvalue weighted by Gasteiger charge is -2.11. The molecule has 1 nitrogen and oxygen atoms in total. The van der Waals surface area contributed by atoms with Gasteiger partial charge in [-0.2, -0.15) is 0 Å². The molecule has 0 aliphatic carbocycles. The van der Waals surface area contributed by atoms with Crippen LogP contribution in [0.15, 0.2) is 42.5 Å². The largest absolute Gasteiger partial charge is 0.388 e. The van der Waals surface area contributed by atoms with E-state index < -0.39 is 6.10 Å². The Morgan fingerprint density at radius 1 is 1.38 bits per heavy atom. The van der Waals surface area contributed by atoms with E-state index in [0.29, 0.717) is 6.42 Å². The van der Waals surface area contributed by atoms with Crippen molar-refractivity contribution in [2.24, 2.45) is 0 Å². The number of hydrogen-bond donors (Lipinski definition) is 1. The second-order valence-corrected chi connectivity index (χ2v) is 3.23. The van der Waals surface area contributed by atoms with Crippen LogP contribution in [-0.4, -0.2) is 5.11 Å². The minimum Gasteiger partial charge on any atom is -0.388 e. The minimum atomic E-state index is -0.395. The molecule has 1 aromatic carbocycles. The van der Waals surface area contributed by atoms with E-state index in [2.05, 4.69) is 13.5 Å². The molecule has 0 amide bonds. The minimum absolute atomic E-state index is 0.395. The van der Waals surface area contributed by atoms with E-state index >= 15 is 0 Å². The van der Waals surface area contributed by atoms with E-state index in [-0.39, 0.29) is 0 Å². The van der Waals surface area contributed by atoms with Crippen molar-refractivity contribution in [2.45, 2.75) is 25.9 Å². The Morgan fingerprint density at radius 2 is 2.00 bits per heavy atom. The SMILES string of the molecule is C=C(CC)CC(O)c1ccccc1. The van der Waals surface area contributed by atoms with Crippen LogP contribution in [0.5, 0.6) is 0 Å². The summed E-state index contributed by atoms with van der Waals surface area (Å²) in [6.07, 6.45) is 1.21. The predicted molar refractivity (Wildman–Crippen MR) is 55.4 cm³/mol. The van der Waals surface area contributed by atoms with Gasteiger partial charge in [-0.1, -0.05) is 49.4 Å². The Hall–Kier alpha value is -1.08. The summed E-state index contributed by atoms with van der Waals surface area (Å²) in [5.74, 6) is 0. The van der Waals surface area contributed by atoms with E-state index in [0.717, 1.165) is 17.6 Å². The quantitative estimate of drug-likeness (QED) is 0.699. The molecule has 0 saturated heterocycles. The molecule has 0 aromatic heterocycles. The molecule has 1 N–H and O–H groups in total. The maximum Gasteiger partial charge on any atom is 0.0827 e. The number of hydrogen-bond acceptors (Lipinski definition) is 1. The molecule has 70 valence electrons. The molecule has 0 heterocycles. The monoisotopic (exact) mass is 176 g/mol. The highest BCUT2D eigenvalue weighted by Gasteiger charge is 2.06. The molecule has 1 unspecified atom stereocenters. The molecule has 0 fully saturated rings. The van der Waals surface area contributed by atoms with Gasteiger partial charge < -0.3 is 5.11 Å². The highest BCUT2D eigenvalue weighted by atomic mass is 16.3. The second kappa shape index (κ2) is 4.83. The third-order valence-electron chi connectivity index (χ3n) is 2.17. The second-order valence-electron chi connectivity index (χ2n) is 3.23. The zero-order valence-corrected chi connectivity index (χ0v) is 8.03. The third kappa shape index (κ3) is 3.03. The van der Waals surface area contributed by atoms with E-state index in [1.807, 2.05) is 30.3 Å². The van der Waals surface area contributed by atoms with Crippen LogP contribution in [-0.2, 0) is 0 Å². The van der Waals surface area contributed by atoms with Crippen LogP contribution in [0.2, 0.25) is 0 Å². The number of benzene rings is 1. The molecule has 0 spiro atoms. The van der Waals surface area contributed by atoms with Crippen molar-refractivity contribution >= 4 is 0 Å². The molecular formula is C12H16O.